The standard InChI is InChI=1S/C19H35N2O3.ClH/c1-13(2)15(17(22)9-6-10-19(21)24)12-18(23)16(20)11-14-7-4-3-5-8-14;/h13-16,18,21,23H,3-12,20H2,1-2H3;1H/t15-,16+,18+;/m1./s1. The molecule has 0 aromatic heterocycles. The first kappa shape index (κ1) is 24.4. The third-order valence-electron chi connectivity index (χ3n) is 5.37. The second-order valence-electron chi connectivity index (χ2n) is 7.80. The first-order chi connectivity index (χ1) is 11.3. The smallest absolute Gasteiger partial charge is 0.238 e. The van der Waals surface area contributed by atoms with E-state index in [0.29, 0.717) is 25.2 Å². The molecule has 3 atom stereocenters. The topological polar surface area (TPSA) is 104 Å². The van der Waals surface area contributed by atoms with E-state index in [9.17, 15) is 14.7 Å². The first-order valence-corrected chi connectivity index (χ1v) is 9.52. The van der Waals surface area contributed by atoms with Crippen molar-refractivity contribution in [1.82, 2.24) is 5.73 Å². The molecule has 1 fully saturated rings. The van der Waals surface area contributed by atoms with Crippen molar-refractivity contribution in [2.75, 3.05) is 0 Å². The number of hydrogen-bond acceptors (Lipinski definition) is 4. The highest BCUT2D eigenvalue weighted by molar-refractivity contribution is 5.85. The van der Waals surface area contributed by atoms with Crippen molar-refractivity contribution < 1.29 is 14.7 Å². The van der Waals surface area contributed by atoms with Gasteiger partial charge in [0.25, 0.3) is 0 Å². The predicted molar refractivity (Wildman–Crippen MR) is 102 cm³/mol. The van der Waals surface area contributed by atoms with Gasteiger partial charge in [-0.15, -0.1) is 12.4 Å². The zero-order chi connectivity index (χ0) is 18.1. The third-order valence-corrected chi connectivity index (χ3v) is 5.37. The van der Waals surface area contributed by atoms with Gasteiger partial charge in [-0.1, -0.05) is 46.0 Å². The SMILES string of the molecule is CC(C)[C@@H](C[C@H](O)[C@@H](N)CC1CCCCC1)C(=O)CCCC([NH])=O.Cl. The summed E-state index contributed by atoms with van der Waals surface area (Å²) in [4.78, 5) is 23.1. The minimum atomic E-state index is -0.652. The number of nitrogens with two attached hydrogens (primary N) is 1. The maximum Gasteiger partial charge on any atom is 0.238 e. The highest BCUT2D eigenvalue weighted by Crippen LogP contribution is 2.29. The van der Waals surface area contributed by atoms with E-state index in [1.807, 2.05) is 13.8 Å². The highest BCUT2D eigenvalue weighted by Gasteiger charge is 2.28. The van der Waals surface area contributed by atoms with Gasteiger partial charge in [0.2, 0.25) is 5.91 Å². The fraction of sp³-hybridized carbons (Fsp3) is 0.895. The van der Waals surface area contributed by atoms with Crippen LogP contribution in [0.15, 0.2) is 0 Å². The van der Waals surface area contributed by atoms with Crippen LogP contribution in [-0.4, -0.2) is 28.9 Å². The van der Waals surface area contributed by atoms with Gasteiger partial charge in [-0.2, -0.15) is 0 Å². The van der Waals surface area contributed by atoms with Crippen LogP contribution in [0.2, 0.25) is 0 Å². The molecule has 6 heteroatoms. The second-order valence-corrected chi connectivity index (χ2v) is 7.80. The lowest BCUT2D eigenvalue weighted by Gasteiger charge is -2.29. The van der Waals surface area contributed by atoms with Crippen LogP contribution in [0, 0.1) is 17.8 Å². The normalized spacial score (nSPS) is 19.1. The number of nitrogens with one attached hydrogen (secondary N) is 1. The van der Waals surface area contributed by atoms with Gasteiger partial charge in [0, 0.05) is 24.8 Å². The highest BCUT2D eigenvalue weighted by atomic mass is 35.5. The second kappa shape index (κ2) is 12.7. The van der Waals surface area contributed by atoms with Crippen molar-refractivity contribution in [2.45, 2.75) is 90.2 Å². The summed E-state index contributed by atoms with van der Waals surface area (Å²) in [5.74, 6) is -0.0211. The number of aliphatic hydroxyl groups is 1. The van der Waals surface area contributed by atoms with Gasteiger partial charge in [-0.3, -0.25) is 15.3 Å². The fourth-order valence-electron chi connectivity index (χ4n) is 3.78. The summed E-state index contributed by atoms with van der Waals surface area (Å²) < 4.78 is 0. The van der Waals surface area contributed by atoms with Crippen LogP contribution in [0.1, 0.15) is 78.1 Å². The molecule has 147 valence electrons. The van der Waals surface area contributed by atoms with Gasteiger partial charge < -0.3 is 10.8 Å². The average molecular weight is 376 g/mol. The van der Waals surface area contributed by atoms with Crippen molar-refractivity contribution in [1.29, 1.82) is 0 Å². The van der Waals surface area contributed by atoms with Gasteiger partial charge in [0.1, 0.15) is 5.78 Å². The van der Waals surface area contributed by atoms with Gasteiger partial charge in [0.15, 0.2) is 0 Å². The Labute approximate surface area is 158 Å². The number of carbonyl (C=O) groups is 2. The molecule has 0 saturated heterocycles. The molecule has 25 heavy (non-hydrogen) atoms. The first-order valence-electron chi connectivity index (χ1n) is 9.52. The minimum absolute atomic E-state index is 0. The fourth-order valence-corrected chi connectivity index (χ4v) is 3.78. The lowest BCUT2D eigenvalue weighted by atomic mass is 9.80. The molecule has 0 unspecified atom stereocenters. The lowest BCUT2D eigenvalue weighted by molar-refractivity contribution is -0.125. The number of halogens is 1. The number of hydrogen-bond donors (Lipinski definition) is 2. The van der Waals surface area contributed by atoms with Crippen LogP contribution in [0.5, 0.6) is 0 Å². The maximum atomic E-state index is 12.4. The zero-order valence-electron chi connectivity index (χ0n) is 15.7. The van der Waals surface area contributed by atoms with Gasteiger partial charge in [-0.05, 0) is 31.1 Å². The maximum absolute atomic E-state index is 12.4. The Morgan fingerprint density at radius 2 is 1.76 bits per heavy atom. The van der Waals surface area contributed by atoms with Crippen LogP contribution in [0.3, 0.4) is 0 Å². The quantitative estimate of drug-likeness (QED) is 0.578. The number of amides is 1. The number of aliphatic hydroxyl groups excluding tert-OH is 1. The molecule has 1 rings (SSSR count). The molecule has 1 aliphatic rings. The van der Waals surface area contributed by atoms with E-state index in [1.54, 1.807) is 0 Å². The molecule has 0 aromatic rings. The summed E-state index contributed by atoms with van der Waals surface area (Å²) in [6.45, 7) is 3.97. The van der Waals surface area contributed by atoms with Crippen molar-refractivity contribution in [3.63, 3.8) is 0 Å². The van der Waals surface area contributed by atoms with Crippen LogP contribution in [0.4, 0.5) is 0 Å². The van der Waals surface area contributed by atoms with Crippen molar-refractivity contribution in [3.05, 3.63) is 0 Å². The van der Waals surface area contributed by atoms with Crippen molar-refractivity contribution in [2.24, 2.45) is 23.5 Å². The van der Waals surface area contributed by atoms with E-state index in [-0.39, 0.29) is 42.5 Å². The molecular weight excluding hydrogens is 340 g/mol. The lowest BCUT2D eigenvalue weighted by Crippen LogP contribution is -2.40. The van der Waals surface area contributed by atoms with E-state index in [2.05, 4.69) is 0 Å². The van der Waals surface area contributed by atoms with E-state index in [0.717, 1.165) is 6.42 Å². The van der Waals surface area contributed by atoms with Gasteiger partial charge in [0.05, 0.1) is 6.10 Å². The predicted octanol–water partition coefficient (Wildman–Crippen LogP) is 3.28. The molecule has 0 heterocycles. The van der Waals surface area contributed by atoms with Crippen molar-refractivity contribution >= 4 is 24.1 Å². The summed E-state index contributed by atoms with van der Waals surface area (Å²) >= 11 is 0. The summed E-state index contributed by atoms with van der Waals surface area (Å²) in [6, 6.07) is -0.267. The Morgan fingerprint density at radius 3 is 2.28 bits per heavy atom. The molecule has 4 N–H and O–H groups in total. The Balaban J connectivity index is 0.00000576. The minimum Gasteiger partial charge on any atom is -0.391 e. The Bertz CT molecular complexity index is 398. The average Bonchev–Trinajstić information content (AvgIpc) is 2.52. The molecule has 1 aliphatic carbocycles. The monoisotopic (exact) mass is 375 g/mol. The molecule has 0 aromatic carbocycles. The molecule has 0 bridgehead atoms. The van der Waals surface area contributed by atoms with Gasteiger partial charge >= 0.3 is 0 Å². The summed E-state index contributed by atoms with van der Waals surface area (Å²) in [5.41, 5.74) is 13.1. The van der Waals surface area contributed by atoms with Crippen LogP contribution < -0.4 is 11.5 Å². The molecular formula is C19H36ClN2O3. The zero-order valence-corrected chi connectivity index (χ0v) is 16.5. The molecule has 0 aliphatic heterocycles. The molecule has 1 saturated carbocycles. The number of rotatable bonds is 11. The molecule has 1 radical (unpaired) electrons. The summed E-state index contributed by atoms with van der Waals surface area (Å²) in [6.07, 6.45) is 7.67. The van der Waals surface area contributed by atoms with Crippen LogP contribution in [-0.2, 0) is 9.59 Å². The third kappa shape index (κ3) is 9.57. The van der Waals surface area contributed by atoms with Crippen LogP contribution in [0.25, 0.3) is 0 Å². The molecule has 1 amide bonds. The Morgan fingerprint density at radius 1 is 1.16 bits per heavy atom. The summed E-state index contributed by atoms with van der Waals surface area (Å²) in [5, 5.41) is 10.5. The van der Waals surface area contributed by atoms with E-state index in [1.165, 1.54) is 32.1 Å². The molecule has 0 spiro atoms. The number of ketones is 1. The largest absolute Gasteiger partial charge is 0.391 e. The Hall–Kier alpha value is -0.650. The van der Waals surface area contributed by atoms with E-state index < -0.39 is 12.0 Å². The number of Topliss-reactive ketones (excluding diaryl/α,β-unsaturated/α-hetero) is 1. The van der Waals surface area contributed by atoms with Crippen molar-refractivity contribution in [3.8, 4) is 0 Å². The number of carbonyl (C=O) groups excluding carboxylic acids is 2. The Kier molecular flexibility index (Phi) is 12.3. The van der Waals surface area contributed by atoms with E-state index >= 15 is 0 Å². The van der Waals surface area contributed by atoms with Crippen LogP contribution >= 0.6 is 12.4 Å². The van der Waals surface area contributed by atoms with E-state index in [4.69, 9.17) is 11.5 Å². The summed E-state index contributed by atoms with van der Waals surface area (Å²) in [7, 11) is 0. The van der Waals surface area contributed by atoms with Gasteiger partial charge in [-0.25, -0.2) is 0 Å². The molecule has 5 nitrogen and oxygen atoms in total.